The smallest absolute Gasteiger partial charge is 0.275 e. The quantitative estimate of drug-likeness (QED) is 0.443. The van der Waals surface area contributed by atoms with Gasteiger partial charge in [0.15, 0.2) is 5.09 Å². The van der Waals surface area contributed by atoms with E-state index in [2.05, 4.69) is 26.5 Å². The Morgan fingerprint density at radius 1 is 1.19 bits per heavy atom. The Labute approximate surface area is 163 Å². The molecule has 1 amide bonds. The highest BCUT2D eigenvalue weighted by Crippen LogP contribution is 2.35. The van der Waals surface area contributed by atoms with Gasteiger partial charge in [0.1, 0.15) is 11.5 Å². The minimum Gasteiger partial charge on any atom is -0.496 e. The molecule has 5 nitrogen and oxygen atoms in total. The Bertz CT molecular complexity index is 926. The average Bonchev–Trinajstić information content (AvgIpc) is 3.01. The van der Waals surface area contributed by atoms with Gasteiger partial charge in [-0.05, 0) is 40.2 Å². The van der Waals surface area contributed by atoms with Gasteiger partial charge in [-0.1, -0.05) is 42.1 Å². The topological polar surface area (TPSA) is 63.8 Å². The lowest BCUT2D eigenvalue weighted by molar-refractivity contribution is 0.0952. The molecule has 0 saturated heterocycles. The fourth-order valence-electron chi connectivity index (χ4n) is 2.14. The number of carbonyl (C=O) groups is 1. The van der Waals surface area contributed by atoms with Crippen molar-refractivity contribution in [3.8, 4) is 5.75 Å². The SMILES string of the molecule is COc1ccccc1C(=O)N/N=C\c1cc(Br)c(Sc2ccccc2)o1. The van der Waals surface area contributed by atoms with Gasteiger partial charge in [-0.15, -0.1) is 0 Å². The highest BCUT2D eigenvalue weighted by Gasteiger charge is 2.11. The summed E-state index contributed by atoms with van der Waals surface area (Å²) < 4.78 is 11.7. The molecule has 0 aliphatic rings. The van der Waals surface area contributed by atoms with E-state index in [-0.39, 0.29) is 5.91 Å². The van der Waals surface area contributed by atoms with Crippen molar-refractivity contribution in [2.24, 2.45) is 5.10 Å². The average molecular weight is 431 g/mol. The second-order valence-corrected chi connectivity index (χ2v) is 7.00. The van der Waals surface area contributed by atoms with Crippen molar-refractivity contribution >= 4 is 39.8 Å². The minimum atomic E-state index is -0.358. The lowest BCUT2D eigenvalue weighted by Gasteiger charge is -2.05. The predicted octanol–water partition coefficient (Wildman–Crippen LogP) is 4.97. The maximum absolute atomic E-state index is 12.2. The number of nitrogens with one attached hydrogen (secondary N) is 1. The number of carbonyl (C=O) groups excluding carboxylic acids is 1. The van der Waals surface area contributed by atoms with Crippen LogP contribution in [-0.4, -0.2) is 19.2 Å². The molecule has 1 N–H and O–H groups in total. The minimum absolute atomic E-state index is 0.358. The van der Waals surface area contributed by atoms with Crippen molar-refractivity contribution in [1.82, 2.24) is 5.43 Å². The van der Waals surface area contributed by atoms with Crippen LogP contribution in [-0.2, 0) is 0 Å². The van der Waals surface area contributed by atoms with Gasteiger partial charge < -0.3 is 9.15 Å². The molecule has 0 fully saturated rings. The highest BCUT2D eigenvalue weighted by atomic mass is 79.9. The van der Waals surface area contributed by atoms with Crippen LogP contribution in [0.4, 0.5) is 0 Å². The summed E-state index contributed by atoms with van der Waals surface area (Å²) in [6.45, 7) is 0. The number of ether oxygens (including phenoxy) is 1. The zero-order valence-electron chi connectivity index (χ0n) is 13.8. The lowest BCUT2D eigenvalue weighted by atomic mass is 10.2. The Hall–Kier alpha value is -2.51. The summed E-state index contributed by atoms with van der Waals surface area (Å²) in [4.78, 5) is 13.2. The molecule has 26 heavy (non-hydrogen) atoms. The molecular weight excluding hydrogens is 416 g/mol. The molecule has 7 heteroatoms. The van der Waals surface area contributed by atoms with Gasteiger partial charge in [-0.2, -0.15) is 5.10 Å². The van der Waals surface area contributed by atoms with Crippen LogP contribution in [0.25, 0.3) is 0 Å². The van der Waals surface area contributed by atoms with E-state index < -0.39 is 0 Å². The third-order valence-electron chi connectivity index (χ3n) is 3.34. The first-order valence-electron chi connectivity index (χ1n) is 7.66. The van der Waals surface area contributed by atoms with Gasteiger partial charge in [0.2, 0.25) is 0 Å². The summed E-state index contributed by atoms with van der Waals surface area (Å²) in [5.74, 6) is 0.654. The van der Waals surface area contributed by atoms with Gasteiger partial charge in [-0.25, -0.2) is 5.43 Å². The highest BCUT2D eigenvalue weighted by molar-refractivity contribution is 9.10. The van der Waals surface area contributed by atoms with Gasteiger partial charge >= 0.3 is 0 Å². The molecule has 132 valence electrons. The van der Waals surface area contributed by atoms with Crippen molar-refractivity contribution in [1.29, 1.82) is 0 Å². The van der Waals surface area contributed by atoms with Crippen LogP contribution in [0.1, 0.15) is 16.1 Å². The van der Waals surface area contributed by atoms with Gasteiger partial charge in [-0.3, -0.25) is 4.79 Å². The Balaban J connectivity index is 1.66. The van der Waals surface area contributed by atoms with Crippen molar-refractivity contribution in [3.05, 3.63) is 76.5 Å². The van der Waals surface area contributed by atoms with Crippen LogP contribution in [0.3, 0.4) is 0 Å². The summed E-state index contributed by atoms with van der Waals surface area (Å²) in [5.41, 5.74) is 2.88. The summed E-state index contributed by atoms with van der Waals surface area (Å²) in [6, 6.07) is 18.6. The van der Waals surface area contributed by atoms with Crippen molar-refractivity contribution in [2.75, 3.05) is 7.11 Å². The number of para-hydroxylation sites is 1. The second kappa shape index (κ2) is 8.73. The molecular formula is C19H15BrN2O3S. The molecule has 0 spiro atoms. The number of rotatable bonds is 6. The number of halogens is 1. The van der Waals surface area contributed by atoms with Crippen LogP contribution in [0.2, 0.25) is 0 Å². The number of furan rings is 1. The molecule has 1 aromatic heterocycles. The zero-order chi connectivity index (χ0) is 18.4. The Morgan fingerprint density at radius 3 is 2.69 bits per heavy atom. The molecule has 3 rings (SSSR count). The normalized spacial score (nSPS) is 10.8. The van der Waals surface area contributed by atoms with Crippen molar-refractivity contribution < 1.29 is 13.9 Å². The summed E-state index contributed by atoms with van der Waals surface area (Å²) in [7, 11) is 1.52. The van der Waals surface area contributed by atoms with Crippen molar-refractivity contribution in [3.63, 3.8) is 0 Å². The molecule has 0 aliphatic carbocycles. The van der Waals surface area contributed by atoms with Crippen LogP contribution >= 0.6 is 27.7 Å². The second-order valence-electron chi connectivity index (χ2n) is 5.10. The summed E-state index contributed by atoms with van der Waals surface area (Å²) >= 11 is 4.97. The molecule has 2 aromatic carbocycles. The zero-order valence-corrected chi connectivity index (χ0v) is 16.2. The molecule has 0 saturated carbocycles. The van der Waals surface area contributed by atoms with E-state index in [9.17, 15) is 4.79 Å². The number of amides is 1. The standard InChI is InChI=1S/C19H15BrN2O3S/c1-24-17-10-6-5-9-15(17)18(23)22-21-12-13-11-16(20)19(25-13)26-14-7-3-2-4-8-14/h2-12H,1H3,(H,22,23)/b21-12-. The predicted molar refractivity (Wildman–Crippen MR) is 105 cm³/mol. The summed E-state index contributed by atoms with van der Waals surface area (Å²) in [6.07, 6.45) is 1.45. The number of methoxy groups -OCH3 is 1. The van der Waals surface area contributed by atoms with Crippen LogP contribution < -0.4 is 10.2 Å². The molecule has 0 unspecified atom stereocenters. The fraction of sp³-hybridized carbons (Fsp3) is 0.0526. The summed E-state index contributed by atoms with van der Waals surface area (Å²) in [5, 5.41) is 4.67. The maximum Gasteiger partial charge on any atom is 0.275 e. The van der Waals surface area contributed by atoms with E-state index in [1.165, 1.54) is 25.1 Å². The van der Waals surface area contributed by atoms with Crippen molar-refractivity contribution in [2.45, 2.75) is 9.99 Å². The van der Waals surface area contributed by atoms with E-state index in [0.717, 1.165) is 9.37 Å². The third kappa shape index (κ3) is 4.56. The largest absolute Gasteiger partial charge is 0.496 e. The first-order chi connectivity index (χ1) is 12.7. The van der Waals surface area contributed by atoms with Gasteiger partial charge in [0, 0.05) is 11.0 Å². The number of hydrazone groups is 1. The van der Waals surface area contributed by atoms with E-state index >= 15 is 0 Å². The number of hydrogen-bond acceptors (Lipinski definition) is 5. The molecule has 0 atom stereocenters. The van der Waals surface area contributed by atoms with Crippen LogP contribution in [0.15, 0.2) is 84.6 Å². The van der Waals surface area contributed by atoms with E-state index in [1.54, 1.807) is 30.3 Å². The molecule has 0 aliphatic heterocycles. The van der Waals surface area contributed by atoms with E-state index in [1.807, 2.05) is 30.3 Å². The first-order valence-corrected chi connectivity index (χ1v) is 9.27. The van der Waals surface area contributed by atoms with E-state index in [4.69, 9.17) is 9.15 Å². The Kier molecular flexibility index (Phi) is 6.14. The van der Waals surface area contributed by atoms with Crippen LogP contribution in [0, 0.1) is 0 Å². The van der Waals surface area contributed by atoms with E-state index in [0.29, 0.717) is 22.2 Å². The fourth-order valence-corrected chi connectivity index (χ4v) is 3.50. The monoisotopic (exact) mass is 430 g/mol. The maximum atomic E-state index is 12.2. The number of benzene rings is 2. The van der Waals surface area contributed by atoms with Crippen LogP contribution in [0.5, 0.6) is 5.75 Å². The van der Waals surface area contributed by atoms with Gasteiger partial charge in [0.25, 0.3) is 5.91 Å². The lowest BCUT2D eigenvalue weighted by Crippen LogP contribution is -2.18. The first kappa shape index (κ1) is 18.3. The Morgan fingerprint density at radius 2 is 1.92 bits per heavy atom. The number of hydrogen-bond donors (Lipinski definition) is 1. The molecule has 3 aromatic rings. The molecule has 0 bridgehead atoms. The third-order valence-corrected chi connectivity index (χ3v) is 5.19. The number of nitrogens with zero attached hydrogens (tertiary/aromatic N) is 1. The molecule has 0 radical (unpaired) electrons. The molecule has 1 heterocycles. The van der Waals surface area contributed by atoms with Gasteiger partial charge in [0.05, 0.1) is 23.4 Å².